The molecule has 120 valence electrons. The van der Waals surface area contributed by atoms with Crippen LogP contribution in [0.4, 0.5) is 5.69 Å². The highest BCUT2D eigenvalue weighted by molar-refractivity contribution is 5.92. The highest BCUT2D eigenvalue weighted by atomic mass is 16.2. The van der Waals surface area contributed by atoms with Crippen LogP contribution in [-0.4, -0.2) is 25.5 Å². The van der Waals surface area contributed by atoms with Crippen molar-refractivity contribution in [2.75, 3.05) is 25.0 Å². The van der Waals surface area contributed by atoms with Gasteiger partial charge in [0.15, 0.2) is 6.54 Å². The Morgan fingerprint density at radius 2 is 1.95 bits per heavy atom. The van der Waals surface area contributed by atoms with Gasteiger partial charge in [0.25, 0.3) is 5.91 Å². The van der Waals surface area contributed by atoms with Crippen LogP contribution < -0.4 is 10.2 Å². The number of likely N-dealkylation sites (tertiary alicyclic amines) is 1. The summed E-state index contributed by atoms with van der Waals surface area (Å²) in [4.78, 5) is 13.9. The number of hydrogen-bond acceptors (Lipinski definition) is 1. The van der Waals surface area contributed by atoms with Gasteiger partial charge in [-0.1, -0.05) is 25.0 Å². The number of fused-ring (bicyclic) bond motifs is 1. The van der Waals surface area contributed by atoms with Crippen molar-refractivity contribution in [3.05, 3.63) is 29.3 Å². The fourth-order valence-electron chi connectivity index (χ4n) is 4.26. The Hall–Kier alpha value is -1.35. The Morgan fingerprint density at radius 1 is 1.18 bits per heavy atom. The number of aryl methyl sites for hydroxylation is 1. The molecule has 0 aromatic heterocycles. The summed E-state index contributed by atoms with van der Waals surface area (Å²) in [5.74, 6) is 1.98. The van der Waals surface area contributed by atoms with Gasteiger partial charge >= 0.3 is 0 Å². The molecule has 0 spiro atoms. The first-order chi connectivity index (χ1) is 10.6. The molecule has 1 aliphatic carbocycles. The largest absolute Gasteiger partial charge is 0.327 e. The van der Waals surface area contributed by atoms with Crippen LogP contribution in [0.25, 0.3) is 0 Å². The normalized spacial score (nSPS) is 28.0. The Morgan fingerprint density at radius 3 is 2.77 bits per heavy atom. The molecular weight excluding hydrogens is 272 g/mol. The van der Waals surface area contributed by atoms with Crippen LogP contribution in [0.1, 0.15) is 43.2 Å². The smallest absolute Gasteiger partial charge is 0.279 e. The molecule has 1 amide bonds. The van der Waals surface area contributed by atoms with Crippen molar-refractivity contribution in [3.8, 4) is 0 Å². The van der Waals surface area contributed by atoms with Gasteiger partial charge in [-0.3, -0.25) is 4.79 Å². The Bertz CT molecular complexity index is 540. The summed E-state index contributed by atoms with van der Waals surface area (Å²) in [6.07, 6.45) is 6.93. The van der Waals surface area contributed by atoms with E-state index in [9.17, 15) is 4.79 Å². The van der Waals surface area contributed by atoms with Gasteiger partial charge in [-0.05, 0) is 56.2 Å². The lowest BCUT2D eigenvalue weighted by Crippen LogP contribution is -3.15. The van der Waals surface area contributed by atoms with E-state index in [2.05, 4.69) is 25.2 Å². The molecule has 3 atom stereocenters. The Balaban J connectivity index is 1.54. The SMILES string of the molecule is Cc1cccc(NC(=O)C[NH+]2CC[C@@H]3CCCC[C@@H]3C2)c1C. The number of nitrogens with one attached hydrogen (secondary N) is 2. The van der Waals surface area contributed by atoms with E-state index in [0.717, 1.165) is 17.5 Å². The van der Waals surface area contributed by atoms with E-state index < -0.39 is 0 Å². The molecule has 3 rings (SSSR count). The molecule has 0 radical (unpaired) electrons. The topological polar surface area (TPSA) is 33.5 Å². The van der Waals surface area contributed by atoms with Gasteiger partial charge < -0.3 is 10.2 Å². The molecule has 22 heavy (non-hydrogen) atoms. The standard InChI is InChI=1S/C19H28N2O/c1-14-6-5-9-18(15(14)2)20-19(22)13-21-11-10-16-7-3-4-8-17(16)12-21/h5-6,9,16-17H,3-4,7-8,10-13H2,1-2H3,(H,20,22)/p+1/t16-,17+/m0/s1. The average molecular weight is 301 g/mol. The number of amides is 1. The third kappa shape index (κ3) is 3.52. The summed E-state index contributed by atoms with van der Waals surface area (Å²) in [7, 11) is 0. The van der Waals surface area contributed by atoms with Crippen LogP contribution in [-0.2, 0) is 4.79 Å². The van der Waals surface area contributed by atoms with Crippen LogP contribution in [0.2, 0.25) is 0 Å². The van der Waals surface area contributed by atoms with Gasteiger partial charge in [0, 0.05) is 11.6 Å². The monoisotopic (exact) mass is 301 g/mol. The van der Waals surface area contributed by atoms with Gasteiger partial charge in [0.05, 0.1) is 13.1 Å². The van der Waals surface area contributed by atoms with Gasteiger partial charge in [-0.25, -0.2) is 0 Å². The molecule has 1 aromatic carbocycles. The second kappa shape index (κ2) is 6.82. The number of piperidine rings is 1. The number of hydrogen-bond donors (Lipinski definition) is 2. The highest BCUT2D eigenvalue weighted by Gasteiger charge is 2.34. The zero-order chi connectivity index (χ0) is 15.5. The van der Waals surface area contributed by atoms with E-state index >= 15 is 0 Å². The van der Waals surface area contributed by atoms with Crippen molar-refractivity contribution in [2.45, 2.75) is 46.0 Å². The fraction of sp³-hybridized carbons (Fsp3) is 0.632. The second-order valence-electron chi connectivity index (χ2n) is 7.27. The number of carbonyl (C=O) groups is 1. The first kappa shape index (κ1) is 15.5. The van der Waals surface area contributed by atoms with Crippen LogP contribution in [0.5, 0.6) is 0 Å². The van der Waals surface area contributed by atoms with E-state index in [1.165, 1.54) is 61.2 Å². The van der Waals surface area contributed by atoms with Crippen LogP contribution in [0, 0.1) is 25.7 Å². The van der Waals surface area contributed by atoms with Crippen molar-refractivity contribution < 1.29 is 9.69 Å². The third-order valence-electron chi connectivity index (χ3n) is 5.78. The number of carbonyl (C=O) groups excluding carboxylic acids is 1. The first-order valence-electron chi connectivity index (χ1n) is 8.83. The maximum atomic E-state index is 12.4. The molecule has 3 heteroatoms. The molecule has 1 saturated carbocycles. The maximum Gasteiger partial charge on any atom is 0.279 e. The number of anilines is 1. The number of rotatable bonds is 3. The van der Waals surface area contributed by atoms with Crippen molar-refractivity contribution in [1.82, 2.24) is 0 Å². The summed E-state index contributed by atoms with van der Waals surface area (Å²) in [5.41, 5.74) is 3.38. The fourth-order valence-corrected chi connectivity index (χ4v) is 4.26. The van der Waals surface area contributed by atoms with E-state index in [1.54, 1.807) is 0 Å². The summed E-state index contributed by atoms with van der Waals surface area (Å²) in [5, 5.41) is 3.11. The minimum absolute atomic E-state index is 0.165. The summed E-state index contributed by atoms with van der Waals surface area (Å²) in [6, 6.07) is 6.10. The van der Waals surface area contributed by atoms with E-state index in [4.69, 9.17) is 0 Å². The van der Waals surface area contributed by atoms with Gasteiger partial charge in [0.1, 0.15) is 0 Å². The van der Waals surface area contributed by atoms with Gasteiger partial charge in [-0.2, -0.15) is 0 Å². The first-order valence-corrected chi connectivity index (χ1v) is 8.83. The Labute approximate surface area is 134 Å². The van der Waals surface area contributed by atoms with E-state index in [1.807, 2.05) is 12.1 Å². The minimum Gasteiger partial charge on any atom is -0.327 e. The zero-order valence-corrected chi connectivity index (χ0v) is 14.0. The molecular formula is C19H29N2O+. The lowest BCUT2D eigenvalue weighted by molar-refractivity contribution is -0.902. The molecule has 1 unspecified atom stereocenters. The highest BCUT2D eigenvalue weighted by Crippen LogP contribution is 2.32. The average Bonchev–Trinajstić information content (AvgIpc) is 2.52. The van der Waals surface area contributed by atoms with Crippen LogP contribution in [0.3, 0.4) is 0 Å². The summed E-state index contributed by atoms with van der Waals surface area (Å²) < 4.78 is 0. The summed E-state index contributed by atoms with van der Waals surface area (Å²) in [6.45, 7) is 7.15. The second-order valence-corrected chi connectivity index (χ2v) is 7.27. The van der Waals surface area contributed by atoms with Gasteiger partial charge in [-0.15, -0.1) is 0 Å². The number of quaternary nitrogens is 1. The van der Waals surface area contributed by atoms with Crippen molar-refractivity contribution in [1.29, 1.82) is 0 Å². The lowest BCUT2D eigenvalue weighted by atomic mass is 9.75. The molecule has 1 aromatic rings. The molecule has 3 nitrogen and oxygen atoms in total. The third-order valence-corrected chi connectivity index (χ3v) is 5.78. The molecule has 2 fully saturated rings. The van der Waals surface area contributed by atoms with Crippen LogP contribution in [0.15, 0.2) is 18.2 Å². The summed E-state index contributed by atoms with van der Waals surface area (Å²) >= 11 is 0. The molecule has 1 saturated heterocycles. The molecule has 2 aliphatic rings. The Kier molecular flexibility index (Phi) is 4.82. The zero-order valence-electron chi connectivity index (χ0n) is 14.0. The maximum absolute atomic E-state index is 12.4. The van der Waals surface area contributed by atoms with Crippen molar-refractivity contribution in [3.63, 3.8) is 0 Å². The van der Waals surface area contributed by atoms with E-state index in [-0.39, 0.29) is 5.91 Å². The quantitative estimate of drug-likeness (QED) is 0.883. The molecule has 2 N–H and O–H groups in total. The predicted molar refractivity (Wildman–Crippen MR) is 90.2 cm³/mol. The van der Waals surface area contributed by atoms with Crippen LogP contribution >= 0.6 is 0 Å². The molecule has 1 aliphatic heterocycles. The van der Waals surface area contributed by atoms with Gasteiger partial charge in [0.2, 0.25) is 0 Å². The lowest BCUT2D eigenvalue weighted by Gasteiger charge is -2.38. The molecule has 1 heterocycles. The minimum atomic E-state index is 0.165. The predicted octanol–water partition coefficient (Wildman–Crippen LogP) is 2.34. The number of benzene rings is 1. The van der Waals surface area contributed by atoms with Crippen molar-refractivity contribution >= 4 is 11.6 Å². The molecule has 0 bridgehead atoms. The van der Waals surface area contributed by atoms with E-state index in [0.29, 0.717) is 6.54 Å². The van der Waals surface area contributed by atoms with Crippen molar-refractivity contribution in [2.24, 2.45) is 11.8 Å².